The quantitative estimate of drug-likeness (QED) is 0.575. The Kier molecular flexibility index (Phi) is 7.89. The van der Waals surface area contributed by atoms with Gasteiger partial charge in [0.25, 0.3) is 0 Å². The van der Waals surface area contributed by atoms with Gasteiger partial charge >= 0.3 is 0 Å². The molecule has 0 unspecified atom stereocenters. The molecule has 0 aliphatic carbocycles. The summed E-state index contributed by atoms with van der Waals surface area (Å²) >= 11 is 0. The van der Waals surface area contributed by atoms with Crippen molar-refractivity contribution in [1.29, 1.82) is 0 Å². The third-order valence-electron chi connectivity index (χ3n) is 5.49. The van der Waals surface area contributed by atoms with Crippen molar-refractivity contribution in [2.45, 2.75) is 13.3 Å². The van der Waals surface area contributed by atoms with Gasteiger partial charge < -0.3 is 19.1 Å². The van der Waals surface area contributed by atoms with Crippen LogP contribution in [-0.2, 0) is 11.2 Å². The van der Waals surface area contributed by atoms with Crippen LogP contribution in [0.5, 0.6) is 17.2 Å². The maximum atomic E-state index is 12.8. The lowest BCUT2D eigenvalue weighted by atomic mass is 10.0. The Balaban J connectivity index is 1.45. The summed E-state index contributed by atoms with van der Waals surface area (Å²) in [5, 5.41) is 0. The van der Waals surface area contributed by atoms with Crippen molar-refractivity contribution in [2.75, 3.05) is 53.6 Å². The second-order valence-electron chi connectivity index (χ2n) is 7.51. The molecule has 31 heavy (non-hydrogen) atoms. The molecule has 1 amide bonds. The minimum Gasteiger partial charge on any atom is -0.497 e. The number of carbonyl (C=O) groups is 2. The van der Waals surface area contributed by atoms with Gasteiger partial charge in [0.1, 0.15) is 23.9 Å². The van der Waals surface area contributed by atoms with E-state index in [9.17, 15) is 9.59 Å². The number of rotatable bonds is 9. The fourth-order valence-electron chi connectivity index (χ4n) is 3.60. The van der Waals surface area contributed by atoms with Crippen LogP contribution in [0.4, 0.5) is 0 Å². The number of carbonyl (C=O) groups excluding carboxylic acids is 2. The van der Waals surface area contributed by atoms with Crippen molar-refractivity contribution in [1.82, 2.24) is 9.80 Å². The molecule has 1 aliphatic rings. The van der Waals surface area contributed by atoms with Gasteiger partial charge in [0.2, 0.25) is 5.91 Å². The van der Waals surface area contributed by atoms with E-state index in [2.05, 4.69) is 4.90 Å². The molecule has 166 valence electrons. The topological polar surface area (TPSA) is 68.3 Å². The molecule has 2 aromatic rings. The van der Waals surface area contributed by atoms with Crippen molar-refractivity contribution in [3.63, 3.8) is 0 Å². The number of ketones is 1. The zero-order valence-electron chi connectivity index (χ0n) is 18.4. The lowest BCUT2D eigenvalue weighted by Crippen LogP contribution is -2.50. The first-order valence-corrected chi connectivity index (χ1v) is 10.4. The average molecular weight is 427 g/mol. The second-order valence-corrected chi connectivity index (χ2v) is 7.51. The summed E-state index contributed by atoms with van der Waals surface area (Å²) in [6.07, 6.45) is 0.227. The van der Waals surface area contributed by atoms with E-state index >= 15 is 0 Å². The predicted molar refractivity (Wildman–Crippen MR) is 118 cm³/mol. The monoisotopic (exact) mass is 426 g/mol. The average Bonchev–Trinajstić information content (AvgIpc) is 2.79. The molecule has 7 heteroatoms. The van der Waals surface area contributed by atoms with Gasteiger partial charge in [-0.2, -0.15) is 0 Å². The van der Waals surface area contributed by atoms with Gasteiger partial charge in [-0.1, -0.05) is 0 Å². The Morgan fingerprint density at radius 3 is 2.19 bits per heavy atom. The van der Waals surface area contributed by atoms with Crippen molar-refractivity contribution in [3.05, 3.63) is 53.6 Å². The standard InChI is InChI=1S/C24H30N2O5/c1-18(27)19-4-9-23(30-3)20(16-19)17-24(28)26-12-10-25(11-13-26)14-15-31-22-7-5-21(29-2)6-8-22/h4-9,16H,10-15,17H2,1-3H3. The number of hydrogen-bond acceptors (Lipinski definition) is 6. The van der Waals surface area contributed by atoms with Crippen LogP contribution in [0.15, 0.2) is 42.5 Å². The van der Waals surface area contributed by atoms with E-state index < -0.39 is 0 Å². The van der Waals surface area contributed by atoms with Gasteiger partial charge in [0.05, 0.1) is 20.6 Å². The molecule has 0 N–H and O–H groups in total. The Labute approximate surface area is 183 Å². The lowest BCUT2D eigenvalue weighted by Gasteiger charge is -2.34. The first-order chi connectivity index (χ1) is 15.0. The molecule has 7 nitrogen and oxygen atoms in total. The number of piperazine rings is 1. The summed E-state index contributed by atoms with van der Waals surface area (Å²) in [4.78, 5) is 28.6. The van der Waals surface area contributed by atoms with E-state index in [0.29, 0.717) is 31.0 Å². The molecule has 0 bridgehead atoms. The molecular weight excluding hydrogens is 396 g/mol. The summed E-state index contributed by atoms with van der Waals surface area (Å²) in [6.45, 7) is 5.89. The number of nitrogens with zero attached hydrogens (tertiary/aromatic N) is 2. The zero-order chi connectivity index (χ0) is 22.2. The van der Waals surface area contributed by atoms with Gasteiger partial charge in [-0.05, 0) is 49.4 Å². The molecule has 0 saturated carbocycles. The molecule has 1 fully saturated rings. The highest BCUT2D eigenvalue weighted by molar-refractivity contribution is 5.94. The fourth-order valence-corrected chi connectivity index (χ4v) is 3.60. The number of amides is 1. The van der Waals surface area contributed by atoms with E-state index in [1.807, 2.05) is 29.2 Å². The van der Waals surface area contributed by atoms with Gasteiger partial charge in [-0.15, -0.1) is 0 Å². The van der Waals surface area contributed by atoms with Crippen LogP contribution in [0.3, 0.4) is 0 Å². The minimum atomic E-state index is -0.0261. The molecule has 0 atom stereocenters. The van der Waals surface area contributed by atoms with Crippen LogP contribution in [0, 0.1) is 0 Å². The van der Waals surface area contributed by atoms with E-state index in [4.69, 9.17) is 14.2 Å². The molecule has 3 rings (SSSR count). The van der Waals surface area contributed by atoms with Gasteiger partial charge in [-0.25, -0.2) is 0 Å². The van der Waals surface area contributed by atoms with Gasteiger partial charge in [0.15, 0.2) is 5.78 Å². The molecule has 1 saturated heterocycles. The summed E-state index contributed by atoms with van der Waals surface area (Å²) in [5.41, 5.74) is 1.33. The number of Topliss-reactive ketones (excluding diaryl/α,β-unsaturated/α-hetero) is 1. The zero-order valence-corrected chi connectivity index (χ0v) is 18.4. The van der Waals surface area contributed by atoms with Crippen LogP contribution >= 0.6 is 0 Å². The van der Waals surface area contributed by atoms with Gasteiger partial charge in [0, 0.05) is 43.9 Å². The number of benzene rings is 2. The summed E-state index contributed by atoms with van der Waals surface area (Å²) in [7, 11) is 3.21. The Morgan fingerprint density at radius 1 is 0.903 bits per heavy atom. The fraction of sp³-hybridized carbons (Fsp3) is 0.417. The SMILES string of the molecule is COc1ccc(OCCN2CCN(C(=O)Cc3cc(C(C)=O)ccc3OC)CC2)cc1. The third kappa shape index (κ3) is 6.21. The Bertz CT molecular complexity index is 889. The minimum absolute atomic E-state index is 0.0261. The van der Waals surface area contributed by atoms with Crippen molar-refractivity contribution in [2.24, 2.45) is 0 Å². The van der Waals surface area contributed by atoms with Crippen LogP contribution in [0.25, 0.3) is 0 Å². The highest BCUT2D eigenvalue weighted by Gasteiger charge is 2.22. The second kappa shape index (κ2) is 10.8. The third-order valence-corrected chi connectivity index (χ3v) is 5.49. The van der Waals surface area contributed by atoms with E-state index in [1.54, 1.807) is 32.4 Å². The molecule has 0 radical (unpaired) electrons. The normalized spacial score (nSPS) is 14.2. The molecule has 0 aromatic heterocycles. The van der Waals surface area contributed by atoms with Crippen molar-refractivity contribution in [3.8, 4) is 17.2 Å². The van der Waals surface area contributed by atoms with Crippen LogP contribution < -0.4 is 14.2 Å². The van der Waals surface area contributed by atoms with E-state index in [1.165, 1.54) is 6.92 Å². The molecule has 1 aliphatic heterocycles. The van der Waals surface area contributed by atoms with Crippen LogP contribution in [0.2, 0.25) is 0 Å². The number of ether oxygens (including phenoxy) is 3. The highest BCUT2D eigenvalue weighted by atomic mass is 16.5. The molecule has 0 spiro atoms. The smallest absolute Gasteiger partial charge is 0.227 e. The highest BCUT2D eigenvalue weighted by Crippen LogP contribution is 2.22. The molecule has 1 heterocycles. The molecular formula is C24H30N2O5. The summed E-state index contributed by atoms with van der Waals surface area (Å²) in [6, 6.07) is 12.8. The number of hydrogen-bond donors (Lipinski definition) is 0. The first-order valence-electron chi connectivity index (χ1n) is 10.4. The largest absolute Gasteiger partial charge is 0.497 e. The van der Waals surface area contributed by atoms with Gasteiger partial charge in [-0.3, -0.25) is 14.5 Å². The maximum absolute atomic E-state index is 12.8. The number of methoxy groups -OCH3 is 2. The summed E-state index contributed by atoms with van der Waals surface area (Å²) < 4.78 is 16.3. The van der Waals surface area contributed by atoms with Crippen LogP contribution in [0.1, 0.15) is 22.8 Å². The predicted octanol–water partition coefficient (Wildman–Crippen LogP) is 2.67. The summed E-state index contributed by atoms with van der Waals surface area (Å²) in [5.74, 6) is 2.28. The van der Waals surface area contributed by atoms with E-state index in [0.717, 1.165) is 36.7 Å². The van der Waals surface area contributed by atoms with Crippen molar-refractivity contribution >= 4 is 11.7 Å². The Hall–Kier alpha value is -3.06. The lowest BCUT2D eigenvalue weighted by molar-refractivity contribution is -0.132. The Morgan fingerprint density at radius 2 is 1.58 bits per heavy atom. The first kappa shape index (κ1) is 22.6. The van der Waals surface area contributed by atoms with Crippen LogP contribution in [-0.4, -0.2) is 75.0 Å². The van der Waals surface area contributed by atoms with E-state index in [-0.39, 0.29) is 18.1 Å². The maximum Gasteiger partial charge on any atom is 0.227 e. The molecule has 2 aromatic carbocycles. The van der Waals surface area contributed by atoms with Crippen molar-refractivity contribution < 1.29 is 23.8 Å².